The molecule has 2 N–H and O–H groups in total. The van der Waals surface area contributed by atoms with Gasteiger partial charge in [0, 0.05) is 11.7 Å². The minimum atomic E-state index is -3.29. The predicted molar refractivity (Wildman–Crippen MR) is 65.0 cm³/mol. The summed E-state index contributed by atoms with van der Waals surface area (Å²) in [5.74, 6) is -0.389. The van der Waals surface area contributed by atoms with Crippen LogP contribution in [-0.2, 0) is 9.84 Å². The Kier molecular flexibility index (Phi) is 2.72. The van der Waals surface area contributed by atoms with Crippen LogP contribution in [-0.4, -0.2) is 25.0 Å². The number of hydrogen-bond donors (Lipinski definition) is 1. The molecule has 1 saturated carbocycles. The lowest BCUT2D eigenvalue weighted by Gasteiger charge is -1.99. The first kappa shape index (κ1) is 12.1. The summed E-state index contributed by atoms with van der Waals surface area (Å²) < 4.78 is 23.8. The maximum absolute atomic E-state index is 11.9. The van der Waals surface area contributed by atoms with Crippen LogP contribution in [0.4, 0.5) is 0 Å². The minimum absolute atomic E-state index is 0.0155. The van der Waals surface area contributed by atoms with Crippen molar-refractivity contribution >= 4 is 9.84 Å². The van der Waals surface area contributed by atoms with Gasteiger partial charge in [-0.05, 0) is 5.56 Å². The molecule has 0 aromatic heterocycles. The van der Waals surface area contributed by atoms with Crippen molar-refractivity contribution in [3.8, 4) is 6.07 Å². The summed E-state index contributed by atoms with van der Waals surface area (Å²) in [4.78, 5) is 0. The lowest BCUT2D eigenvalue weighted by atomic mass is 10.1. The number of hydrogen-bond acceptors (Lipinski definition) is 4. The van der Waals surface area contributed by atoms with Crippen LogP contribution in [0.2, 0.25) is 0 Å². The van der Waals surface area contributed by atoms with Gasteiger partial charge in [-0.3, -0.25) is 0 Å². The van der Waals surface area contributed by atoms with Gasteiger partial charge < -0.3 is 5.73 Å². The third-order valence-electron chi connectivity index (χ3n) is 3.32. The Bertz CT molecular complexity index is 562. The Labute approximate surface area is 101 Å². The molecule has 1 aromatic carbocycles. The van der Waals surface area contributed by atoms with E-state index in [-0.39, 0.29) is 5.75 Å². The SMILES string of the molecule is CCS(=O)(=O)C1C(c2ccccc2)C1(N)C#N. The molecule has 4 nitrogen and oxygen atoms in total. The highest BCUT2D eigenvalue weighted by Crippen LogP contribution is 2.53. The van der Waals surface area contributed by atoms with Gasteiger partial charge in [-0.2, -0.15) is 5.26 Å². The molecule has 17 heavy (non-hydrogen) atoms. The standard InChI is InChI=1S/C12H14N2O2S/c1-2-17(15,16)11-10(12(11,14)8-13)9-6-4-3-5-7-9/h3-7,10-11H,2,14H2,1H3. The van der Waals surface area contributed by atoms with Gasteiger partial charge in [0.05, 0.1) is 6.07 Å². The molecule has 1 fully saturated rings. The molecule has 0 aliphatic heterocycles. The second-order valence-corrected chi connectivity index (χ2v) is 6.72. The summed E-state index contributed by atoms with van der Waals surface area (Å²) in [5.41, 5.74) is 5.44. The van der Waals surface area contributed by atoms with Crippen LogP contribution in [0.5, 0.6) is 0 Å². The van der Waals surface area contributed by atoms with Gasteiger partial charge in [0.25, 0.3) is 0 Å². The topological polar surface area (TPSA) is 83.9 Å². The minimum Gasteiger partial charge on any atom is -0.312 e. The van der Waals surface area contributed by atoms with Crippen LogP contribution in [0.25, 0.3) is 0 Å². The van der Waals surface area contributed by atoms with Crippen molar-refractivity contribution in [1.29, 1.82) is 5.26 Å². The summed E-state index contributed by atoms with van der Waals surface area (Å²) in [6, 6.07) is 11.1. The average molecular weight is 250 g/mol. The van der Waals surface area contributed by atoms with E-state index in [1.165, 1.54) is 0 Å². The number of benzene rings is 1. The van der Waals surface area contributed by atoms with Crippen molar-refractivity contribution in [3.05, 3.63) is 35.9 Å². The number of nitriles is 1. The molecule has 2 rings (SSSR count). The van der Waals surface area contributed by atoms with Crippen molar-refractivity contribution in [1.82, 2.24) is 0 Å². The normalized spacial score (nSPS) is 31.8. The molecule has 0 bridgehead atoms. The van der Waals surface area contributed by atoms with E-state index in [9.17, 15) is 8.42 Å². The van der Waals surface area contributed by atoms with E-state index >= 15 is 0 Å². The van der Waals surface area contributed by atoms with Crippen LogP contribution in [0.1, 0.15) is 18.4 Å². The molecule has 3 unspecified atom stereocenters. The molecule has 0 spiro atoms. The van der Waals surface area contributed by atoms with Crippen molar-refractivity contribution in [2.24, 2.45) is 5.73 Å². The number of rotatable bonds is 3. The maximum Gasteiger partial charge on any atom is 0.156 e. The fourth-order valence-electron chi connectivity index (χ4n) is 2.30. The molecule has 0 amide bonds. The van der Waals surface area contributed by atoms with E-state index in [0.717, 1.165) is 5.56 Å². The highest BCUT2D eigenvalue weighted by molar-refractivity contribution is 7.92. The quantitative estimate of drug-likeness (QED) is 0.860. The first-order chi connectivity index (χ1) is 7.97. The highest BCUT2D eigenvalue weighted by Gasteiger charge is 2.69. The van der Waals surface area contributed by atoms with E-state index in [2.05, 4.69) is 0 Å². The monoisotopic (exact) mass is 250 g/mol. The summed E-state index contributed by atoms with van der Waals surface area (Å²) in [5, 5.41) is 8.32. The smallest absolute Gasteiger partial charge is 0.156 e. The van der Waals surface area contributed by atoms with Crippen LogP contribution in [0.15, 0.2) is 30.3 Å². The van der Waals surface area contributed by atoms with Crippen LogP contribution in [0.3, 0.4) is 0 Å². The van der Waals surface area contributed by atoms with Crippen LogP contribution in [0, 0.1) is 11.3 Å². The summed E-state index contributed by atoms with van der Waals surface area (Å²) in [6.45, 7) is 1.58. The second-order valence-electron chi connectivity index (χ2n) is 4.31. The third-order valence-corrected chi connectivity index (χ3v) is 5.56. The van der Waals surface area contributed by atoms with E-state index < -0.39 is 26.5 Å². The van der Waals surface area contributed by atoms with E-state index in [4.69, 9.17) is 11.0 Å². The van der Waals surface area contributed by atoms with Crippen LogP contribution < -0.4 is 5.73 Å². The molecule has 1 aliphatic carbocycles. The second kappa shape index (κ2) is 3.83. The number of nitrogens with two attached hydrogens (primary N) is 1. The van der Waals surface area contributed by atoms with E-state index in [1.54, 1.807) is 6.92 Å². The summed E-state index contributed by atoms with van der Waals surface area (Å²) in [6.07, 6.45) is 0. The zero-order chi connectivity index (χ0) is 12.7. The lowest BCUT2D eigenvalue weighted by Crippen LogP contribution is -2.29. The molecule has 0 radical (unpaired) electrons. The Morgan fingerprint density at radius 1 is 1.41 bits per heavy atom. The Hall–Kier alpha value is -1.38. The molecular weight excluding hydrogens is 236 g/mol. The van der Waals surface area contributed by atoms with E-state index in [1.807, 2.05) is 36.4 Å². The van der Waals surface area contributed by atoms with Crippen molar-refractivity contribution in [3.63, 3.8) is 0 Å². The molecular formula is C12H14N2O2S. The first-order valence-electron chi connectivity index (χ1n) is 5.44. The van der Waals surface area contributed by atoms with E-state index in [0.29, 0.717) is 0 Å². The van der Waals surface area contributed by atoms with Gasteiger partial charge in [-0.25, -0.2) is 8.42 Å². The van der Waals surface area contributed by atoms with Crippen LogP contribution >= 0.6 is 0 Å². The fourth-order valence-corrected chi connectivity index (χ4v) is 4.17. The highest BCUT2D eigenvalue weighted by atomic mass is 32.2. The largest absolute Gasteiger partial charge is 0.312 e. The van der Waals surface area contributed by atoms with Crippen molar-refractivity contribution < 1.29 is 8.42 Å². The maximum atomic E-state index is 11.9. The Morgan fingerprint density at radius 3 is 2.47 bits per heavy atom. The fraction of sp³-hybridized carbons (Fsp3) is 0.417. The molecule has 0 heterocycles. The average Bonchev–Trinajstić information content (AvgIpc) is 2.99. The van der Waals surface area contributed by atoms with Crippen molar-refractivity contribution in [2.75, 3.05) is 5.75 Å². The van der Waals surface area contributed by atoms with Gasteiger partial charge >= 0.3 is 0 Å². The molecule has 5 heteroatoms. The van der Waals surface area contributed by atoms with Gasteiger partial charge in [-0.15, -0.1) is 0 Å². The number of nitrogens with zero attached hydrogens (tertiary/aromatic N) is 1. The van der Waals surface area contributed by atoms with Gasteiger partial charge in [-0.1, -0.05) is 37.3 Å². The molecule has 1 aliphatic rings. The third kappa shape index (κ3) is 1.74. The van der Waals surface area contributed by atoms with Gasteiger partial charge in [0.15, 0.2) is 9.84 Å². The summed E-state index contributed by atoms with van der Waals surface area (Å²) in [7, 11) is -3.29. The van der Waals surface area contributed by atoms with Crippen molar-refractivity contribution in [2.45, 2.75) is 23.6 Å². The predicted octanol–water partition coefficient (Wildman–Crippen LogP) is 0.808. The zero-order valence-corrected chi connectivity index (χ0v) is 10.3. The lowest BCUT2D eigenvalue weighted by molar-refractivity contribution is 0.593. The van der Waals surface area contributed by atoms with Gasteiger partial charge in [0.1, 0.15) is 10.8 Å². The number of sulfone groups is 1. The molecule has 3 atom stereocenters. The Morgan fingerprint density at radius 2 is 2.00 bits per heavy atom. The summed E-state index contributed by atoms with van der Waals surface area (Å²) >= 11 is 0. The molecule has 90 valence electrons. The zero-order valence-electron chi connectivity index (χ0n) is 9.50. The Balaban J connectivity index is 2.42. The molecule has 0 saturated heterocycles. The van der Waals surface area contributed by atoms with Gasteiger partial charge in [0.2, 0.25) is 0 Å². The molecule has 1 aromatic rings. The first-order valence-corrected chi connectivity index (χ1v) is 7.15.